The molecule has 1 saturated heterocycles. The van der Waals surface area contributed by atoms with Gasteiger partial charge < -0.3 is 15.1 Å². The summed E-state index contributed by atoms with van der Waals surface area (Å²) < 4.78 is 25.5. The molecule has 8 heteroatoms. The number of hydrogen-bond donors (Lipinski definition) is 1. The molecule has 7 nitrogen and oxygen atoms in total. The molecule has 1 aliphatic rings. The van der Waals surface area contributed by atoms with Gasteiger partial charge in [0.05, 0.1) is 11.9 Å². The average molecular weight is 431 g/mol. The van der Waals surface area contributed by atoms with Crippen molar-refractivity contribution in [2.75, 3.05) is 55.2 Å². The Balaban J connectivity index is 1.58. The van der Waals surface area contributed by atoms with Crippen LogP contribution in [0.1, 0.15) is 11.1 Å². The van der Waals surface area contributed by atoms with Gasteiger partial charge in [-0.25, -0.2) is 8.42 Å². The molecule has 30 heavy (non-hydrogen) atoms. The number of likely N-dealkylation sites (N-methyl/N-ethyl adjacent to an activating group) is 1. The standard InChI is InChI=1S/C22H30N4O3S/c1-18-5-4-6-21(15-18)26(30(3,28)29)17-22(27)23-16-19-7-9-20(10-8-19)25-13-11-24(2)12-14-25/h4-10,15H,11-14,16-17H2,1-3H3,(H,23,27). The summed E-state index contributed by atoms with van der Waals surface area (Å²) >= 11 is 0. The van der Waals surface area contributed by atoms with Crippen LogP contribution in [0.2, 0.25) is 0 Å². The number of carbonyl (C=O) groups excluding carboxylic acids is 1. The molecule has 162 valence electrons. The van der Waals surface area contributed by atoms with Gasteiger partial charge in [-0.2, -0.15) is 0 Å². The van der Waals surface area contributed by atoms with Crippen molar-refractivity contribution >= 4 is 27.3 Å². The Bertz CT molecular complexity index is 968. The van der Waals surface area contributed by atoms with E-state index in [9.17, 15) is 13.2 Å². The summed E-state index contributed by atoms with van der Waals surface area (Å²) in [5.41, 5.74) is 3.58. The van der Waals surface area contributed by atoms with E-state index < -0.39 is 10.0 Å². The molecule has 0 radical (unpaired) electrons. The van der Waals surface area contributed by atoms with Crippen LogP contribution in [0.3, 0.4) is 0 Å². The minimum absolute atomic E-state index is 0.248. The summed E-state index contributed by atoms with van der Waals surface area (Å²) in [4.78, 5) is 17.1. The molecule has 0 bridgehead atoms. The lowest BCUT2D eigenvalue weighted by atomic mass is 10.1. The molecule has 0 unspecified atom stereocenters. The number of nitrogens with zero attached hydrogens (tertiary/aromatic N) is 3. The first-order valence-corrected chi connectivity index (χ1v) is 11.9. The summed E-state index contributed by atoms with van der Waals surface area (Å²) in [5.74, 6) is -0.343. The van der Waals surface area contributed by atoms with E-state index in [0.717, 1.165) is 47.9 Å². The van der Waals surface area contributed by atoms with Crippen LogP contribution in [0, 0.1) is 6.92 Å². The van der Waals surface area contributed by atoms with E-state index in [-0.39, 0.29) is 12.5 Å². The van der Waals surface area contributed by atoms with Crippen LogP contribution in [0.4, 0.5) is 11.4 Å². The van der Waals surface area contributed by atoms with Gasteiger partial charge in [0.2, 0.25) is 15.9 Å². The van der Waals surface area contributed by atoms with Crippen LogP contribution in [-0.4, -0.2) is 65.3 Å². The summed E-state index contributed by atoms with van der Waals surface area (Å²) in [5, 5.41) is 2.83. The lowest BCUT2D eigenvalue weighted by Crippen LogP contribution is -2.44. The average Bonchev–Trinajstić information content (AvgIpc) is 2.70. The lowest BCUT2D eigenvalue weighted by Gasteiger charge is -2.34. The fraction of sp³-hybridized carbons (Fsp3) is 0.409. The third-order valence-corrected chi connectivity index (χ3v) is 6.41. The molecule has 0 saturated carbocycles. The number of sulfonamides is 1. The van der Waals surface area contributed by atoms with Crippen molar-refractivity contribution in [3.63, 3.8) is 0 Å². The van der Waals surface area contributed by atoms with E-state index in [2.05, 4.69) is 34.3 Å². The minimum Gasteiger partial charge on any atom is -0.369 e. The van der Waals surface area contributed by atoms with E-state index >= 15 is 0 Å². The Morgan fingerprint density at radius 3 is 2.33 bits per heavy atom. The molecular formula is C22H30N4O3S. The van der Waals surface area contributed by atoms with Crippen LogP contribution in [-0.2, 0) is 21.4 Å². The zero-order chi connectivity index (χ0) is 21.7. The molecule has 1 fully saturated rings. The Labute approximate surface area is 179 Å². The Morgan fingerprint density at radius 1 is 1.07 bits per heavy atom. The van der Waals surface area contributed by atoms with Gasteiger partial charge in [-0.3, -0.25) is 9.10 Å². The second-order valence-corrected chi connectivity index (χ2v) is 9.75. The molecule has 2 aromatic carbocycles. The quantitative estimate of drug-likeness (QED) is 0.726. The SMILES string of the molecule is Cc1cccc(N(CC(=O)NCc2ccc(N3CCN(C)CC3)cc2)S(C)(=O)=O)c1. The minimum atomic E-state index is -3.57. The number of rotatable bonds is 7. The Kier molecular flexibility index (Phi) is 6.99. The van der Waals surface area contributed by atoms with Crippen LogP contribution in [0.25, 0.3) is 0 Å². The highest BCUT2D eigenvalue weighted by molar-refractivity contribution is 7.92. The molecule has 1 amide bonds. The summed E-state index contributed by atoms with van der Waals surface area (Å²) in [6, 6.07) is 15.3. The van der Waals surface area contributed by atoms with E-state index in [4.69, 9.17) is 0 Å². The van der Waals surface area contributed by atoms with E-state index in [1.165, 1.54) is 5.69 Å². The number of aryl methyl sites for hydroxylation is 1. The van der Waals surface area contributed by atoms with Crippen LogP contribution >= 0.6 is 0 Å². The second-order valence-electron chi connectivity index (χ2n) is 7.84. The molecule has 0 spiro atoms. The van der Waals surface area contributed by atoms with Crippen LogP contribution in [0.15, 0.2) is 48.5 Å². The van der Waals surface area contributed by atoms with Gasteiger partial charge in [-0.1, -0.05) is 24.3 Å². The first kappa shape index (κ1) is 22.1. The zero-order valence-corrected chi connectivity index (χ0v) is 18.7. The number of hydrogen-bond acceptors (Lipinski definition) is 5. The van der Waals surface area contributed by atoms with Gasteiger partial charge in [-0.15, -0.1) is 0 Å². The van der Waals surface area contributed by atoms with Gasteiger partial charge in [0.1, 0.15) is 6.54 Å². The lowest BCUT2D eigenvalue weighted by molar-refractivity contribution is -0.119. The number of benzene rings is 2. The smallest absolute Gasteiger partial charge is 0.241 e. The highest BCUT2D eigenvalue weighted by atomic mass is 32.2. The zero-order valence-electron chi connectivity index (χ0n) is 17.8. The number of carbonyl (C=O) groups is 1. The van der Waals surface area contributed by atoms with Crippen molar-refractivity contribution in [3.8, 4) is 0 Å². The predicted molar refractivity (Wildman–Crippen MR) is 121 cm³/mol. The summed E-state index contributed by atoms with van der Waals surface area (Å²) in [7, 11) is -1.44. The van der Waals surface area contributed by atoms with Crippen molar-refractivity contribution in [2.45, 2.75) is 13.5 Å². The summed E-state index contributed by atoms with van der Waals surface area (Å²) in [6.45, 7) is 6.11. The number of amides is 1. The Morgan fingerprint density at radius 2 is 1.73 bits per heavy atom. The third kappa shape index (κ3) is 5.96. The van der Waals surface area contributed by atoms with E-state index in [1.807, 2.05) is 25.1 Å². The predicted octanol–water partition coefficient (Wildman–Crippen LogP) is 1.83. The largest absolute Gasteiger partial charge is 0.369 e. The topological polar surface area (TPSA) is 73.0 Å². The number of nitrogens with one attached hydrogen (secondary N) is 1. The van der Waals surface area contributed by atoms with Crippen molar-refractivity contribution in [1.82, 2.24) is 10.2 Å². The molecule has 1 N–H and O–H groups in total. The first-order valence-electron chi connectivity index (χ1n) is 10.1. The van der Waals surface area contributed by atoms with E-state index in [1.54, 1.807) is 18.2 Å². The van der Waals surface area contributed by atoms with Gasteiger partial charge in [0.15, 0.2) is 0 Å². The second kappa shape index (κ2) is 9.49. The maximum Gasteiger partial charge on any atom is 0.241 e. The van der Waals surface area contributed by atoms with Gasteiger partial charge >= 0.3 is 0 Å². The van der Waals surface area contributed by atoms with Crippen molar-refractivity contribution in [1.29, 1.82) is 0 Å². The Hall–Kier alpha value is -2.58. The molecule has 0 atom stereocenters. The molecule has 2 aromatic rings. The maximum absolute atomic E-state index is 12.4. The highest BCUT2D eigenvalue weighted by Crippen LogP contribution is 2.19. The van der Waals surface area contributed by atoms with Gasteiger partial charge in [0.25, 0.3) is 0 Å². The monoisotopic (exact) mass is 430 g/mol. The van der Waals surface area contributed by atoms with Gasteiger partial charge in [0, 0.05) is 38.4 Å². The molecule has 0 aromatic heterocycles. The normalized spacial score (nSPS) is 15.1. The highest BCUT2D eigenvalue weighted by Gasteiger charge is 2.21. The number of anilines is 2. The van der Waals surface area contributed by atoms with Crippen LogP contribution < -0.4 is 14.5 Å². The van der Waals surface area contributed by atoms with E-state index in [0.29, 0.717) is 12.2 Å². The van der Waals surface area contributed by atoms with Crippen molar-refractivity contribution < 1.29 is 13.2 Å². The molecule has 3 rings (SSSR count). The third-order valence-electron chi connectivity index (χ3n) is 5.27. The molecule has 1 heterocycles. The fourth-order valence-corrected chi connectivity index (χ4v) is 4.31. The van der Waals surface area contributed by atoms with Gasteiger partial charge in [-0.05, 0) is 49.4 Å². The summed E-state index contributed by atoms with van der Waals surface area (Å²) in [6.07, 6.45) is 1.11. The van der Waals surface area contributed by atoms with Crippen LogP contribution in [0.5, 0.6) is 0 Å². The first-order chi connectivity index (χ1) is 14.2. The maximum atomic E-state index is 12.4. The molecular weight excluding hydrogens is 400 g/mol. The molecule has 0 aliphatic carbocycles. The van der Waals surface area contributed by atoms with Crippen molar-refractivity contribution in [2.24, 2.45) is 0 Å². The fourth-order valence-electron chi connectivity index (χ4n) is 3.46. The number of piperazine rings is 1. The molecule has 1 aliphatic heterocycles. The van der Waals surface area contributed by atoms with Crippen molar-refractivity contribution in [3.05, 3.63) is 59.7 Å².